The molecule has 0 fully saturated rings. The van der Waals surface area contributed by atoms with Crippen LogP contribution in [0.25, 0.3) is 6.08 Å². The summed E-state index contributed by atoms with van der Waals surface area (Å²) in [7, 11) is 3.13. The molecule has 31 heavy (non-hydrogen) atoms. The van der Waals surface area contributed by atoms with Crippen LogP contribution in [0.4, 0.5) is 10.1 Å². The molecule has 0 spiro atoms. The van der Waals surface area contributed by atoms with Gasteiger partial charge >= 0.3 is 0 Å². The first-order valence-electron chi connectivity index (χ1n) is 9.69. The zero-order valence-corrected chi connectivity index (χ0v) is 17.4. The number of aliphatic imine (C=N–C) groups is 1. The fourth-order valence-corrected chi connectivity index (χ4v) is 3.40. The van der Waals surface area contributed by atoms with Gasteiger partial charge in [-0.25, -0.2) is 9.38 Å². The molecule has 0 unspecified atom stereocenters. The number of halogens is 1. The molecule has 0 aliphatic carbocycles. The van der Waals surface area contributed by atoms with Crippen LogP contribution in [-0.4, -0.2) is 26.0 Å². The summed E-state index contributed by atoms with van der Waals surface area (Å²) in [4.78, 5) is 19.6. The molecule has 156 valence electrons. The quantitative estimate of drug-likeness (QED) is 0.551. The number of carbonyl (C=O) groups is 1. The molecule has 0 saturated heterocycles. The Morgan fingerprint density at radius 3 is 2.42 bits per heavy atom. The number of amides is 1. The van der Waals surface area contributed by atoms with Gasteiger partial charge in [0.1, 0.15) is 28.8 Å². The van der Waals surface area contributed by atoms with Gasteiger partial charge in [-0.2, -0.15) is 0 Å². The highest BCUT2D eigenvalue weighted by molar-refractivity contribution is 6.33. The summed E-state index contributed by atoms with van der Waals surface area (Å²) in [5, 5.41) is 0. The van der Waals surface area contributed by atoms with Crippen molar-refractivity contribution in [1.82, 2.24) is 0 Å². The predicted molar refractivity (Wildman–Crippen MR) is 119 cm³/mol. The van der Waals surface area contributed by atoms with Crippen LogP contribution in [0, 0.1) is 12.7 Å². The van der Waals surface area contributed by atoms with Crippen LogP contribution in [0.5, 0.6) is 11.5 Å². The molecule has 0 saturated carbocycles. The topological polar surface area (TPSA) is 51.1 Å². The summed E-state index contributed by atoms with van der Waals surface area (Å²) in [5.41, 5.74) is 3.29. The van der Waals surface area contributed by atoms with Crippen molar-refractivity contribution in [2.75, 3.05) is 19.1 Å². The van der Waals surface area contributed by atoms with E-state index in [4.69, 9.17) is 9.47 Å². The number of amidine groups is 1. The van der Waals surface area contributed by atoms with Gasteiger partial charge in [-0.05, 0) is 67.1 Å². The molecule has 4 rings (SSSR count). The van der Waals surface area contributed by atoms with Crippen LogP contribution in [0.15, 0.2) is 77.4 Å². The zero-order valence-electron chi connectivity index (χ0n) is 17.4. The molecule has 1 heterocycles. The van der Waals surface area contributed by atoms with Crippen molar-refractivity contribution < 1.29 is 18.7 Å². The number of rotatable bonds is 5. The standard InChI is InChI=1S/C25H21FN2O3/c1-16-5-4-6-20(13-16)28-24(17-7-10-19(26)11-8-17)27-22(25(28)29)14-18-9-12-21(30-2)15-23(18)31-3/h4-15H,1-3H3/b22-14+. The minimum absolute atomic E-state index is 0.254. The smallest absolute Gasteiger partial charge is 0.282 e. The third-order valence-electron chi connectivity index (χ3n) is 4.96. The molecule has 0 bridgehead atoms. The SMILES string of the molecule is COc1ccc(/C=C2/N=C(c3ccc(F)cc3)N(c3cccc(C)c3)C2=O)c(OC)c1. The lowest BCUT2D eigenvalue weighted by molar-refractivity contribution is -0.113. The monoisotopic (exact) mass is 416 g/mol. The summed E-state index contributed by atoms with van der Waals surface area (Å²) >= 11 is 0. The van der Waals surface area contributed by atoms with Crippen LogP contribution >= 0.6 is 0 Å². The number of anilines is 1. The first-order valence-corrected chi connectivity index (χ1v) is 9.69. The molecular formula is C25H21FN2O3. The van der Waals surface area contributed by atoms with E-state index >= 15 is 0 Å². The maximum atomic E-state index is 13.5. The van der Waals surface area contributed by atoms with Gasteiger partial charge in [0.2, 0.25) is 0 Å². The molecule has 1 aliphatic rings. The Hall–Kier alpha value is -3.93. The fourth-order valence-electron chi connectivity index (χ4n) is 3.40. The molecule has 0 aromatic heterocycles. The highest BCUT2D eigenvalue weighted by atomic mass is 19.1. The zero-order chi connectivity index (χ0) is 22.0. The maximum absolute atomic E-state index is 13.5. The average Bonchev–Trinajstić information content (AvgIpc) is 3.10. The van der Waals surface area contributed by atoms with Crippen LogP contribution in [-0.2, 0) is 4.79 Å². The van der Waals surface area contributed by atoms with Crippen molar-refractivity contribution >= 4 is 23.5 Å². The molecule has 3 aromatic carbocycles. The summed E-state index contributed by atoms with van der Waals surface area (Å²) in [5.74, 6) is 1.02. The number of hydrogen-bond donors (Lipinski definition) is 0. The predicted octanol–water partition coefficient (Wildman–Crippen LogP) is 4.99. The van der Waals surface area contributed by atoms with Crippen molar-refractivity contribution in [2.45, 2.75) is 6.92 Å². The summed E-state index contributed by atoms with van der Waals surface area (Å²) in [6, 6.07) is 18.9. The lowest BCUT2D eigenvalue weighted by Gasteiger charge is -2.19. The molecule has 0 radical (unpaired) electrons. The van der Waals surface area contributed by atoms with Gasteiger partial charge in [0.25, 0.3) is 5.91 Å². The van der Waals surface area contributed by atoms with Crippen molar-refractivity contribution in [3.63, 3.8) is 0 Å². The number of benzene rings is 3. The first-order chi connectivity index (χ1) is 15.0. The normalized spacial score (nSPS) is 14.7. The van der Waals surface area contributed by atoms with Crippen molar-refractivity contribution in [3.8, 4) is 11.5 Å². The average molecular weight is 416 g/mol. The summed E-state index contributed by atoms with van der Waals surface area (Å²) < 4.78 is 24.2. The van der Waals surface area contributed by atoms with Gasteiger partial charge in [0.15, 0.2) is 0 Å². The molecular weight excluding hydrogens is 395 g/mol. The molecule has 1 amide bonds. The van der Waals surface area contributed by atoms with Crippen LogP contribution in [0.3, 0.4) is 0 Å². The van der Waals surface area contributed by atoms with E-state index in [9.17, 15) is 9.18 Å². The number of carbonyl (C=O) groups excluding carboxylic acids is 1. The molecule has 5 nitrogen and oxygen atoms in total. The highest BCUT2D eigenvalue weighted by Crippen LogP contribution is 2.31. The second-order valence-corrected chi connectivity index (χ2v) is 7.06. The van der Waals surface area contributed by atoms with Gasteiger partial charge in [0, 0.05) is 17.2 Å². The van der Waals surface area contributed by atoms with Crippen LogP contribution < -0.4 is 14.4 Å². The highest BCUT2D eigenvalue weighted by Gasteiger charge is 2.32. The third kappa shape index (κ3) is 4.05. The number of hydrogen-bond acceptors (Lipinski definition) is 4. The molecule has 0 atom stereocenters. The Balaban J connectivity index is 1.83. The van der Waals surface area contributed by atoms with Gasteiger partial charge in [-0.3, -0.25) is 9.69 Å². The van der Waals surface area contributed by atoms with E-state index in [1.165, 1.54) is 12.1 Å². The largest absolute Gasteiger partial charge is 0.497 e. The first kappa shape index (κ1) is 20.3. The Kier molecular flexibility index (Phi) is 5.54. The lowest BCUT2D eigenvalue weighted by Crippen LogP contribution is -2.32. The molecule has 3 aromatic rings. The van der Waals surface area contributed by atoms with E-state index in [0.717, 1.165) is 5.56 Å². The Bertz CT molecular complexity index is 1200. The maximum Gasteiger partial charge on any atom is 0.282 e. The Labute approximate surface area is 180 Å². The number of ether oxygens (including phenoxy) is 2. The van der Waals surface area contributed by atoms with Gasteiger partial charge in [-0.1, -0.05) is 12.1 Å². The van der Waals surface area contributed by atoms with Gasteiger partial charge in [0.05, 0.1) is 19.9 Å². The van der Waals surface area contributed by atoms with Crippen LogP contribution in [0.1, 0.15) is 16.7 Å². The summed E-state index contributed by atoms with van der Waals surface area (Å²) in [6.45, 7) is 1.96. The number of aryl methyl sites for hydroxylation is 1. The van der Waals surface area contributed by atoms with E-state index in [1.807, 2.05) is 31.2 Å². The molecule has 6 heteroatoms. The van der Waals surface area contributed by atoms with E-state index in [2.05, 4.69) is 4.99 Å². The lowest BCUT2D eigenvalue weighted by atomic mass is 10.1. The number of methoxy groups -OCH3 is 2. The van der Waals surface area contributed by atoms with Gasteiger partial charge in [-0.15, -0.1) is 0 Å². The minimum Gasteiger partial charge on any atom is -0.497 e. The second kappa shape index (κ2) is 8.44. The van der Waals surface area contributed by atoms with E-state index in [1.54, 1.807) is 55.5 Å². The minimum atomic E-state index is -0.352. The van der Waals surface area contributed by atoms with Crippen molar-refractivity contribution in [1.29, 1.82) is 0 Å². The summed E-state index contributed by atoms with van der Waals surface area (Å²) in [6.07, 6.45) is 1.68. The number of nitrogens with zero attached hydrogens (tertiary/aromatic N) is 2. The van der Waals surface area contributed by atoms with E-state index in [0.29, 0.717) is 34.1 Å². The van der Waals surface area contributed by atoms with Crippen LogP contribution in [0.2, 0.25) is 0 Å². The van der Waals surface area contributed by atoms with E-state index < -0.39 is 0 Å². The Morgan fingerprint density at radius 2 is 1.74 bits per heavy atom. The Morgan fingerprint density at radius 1 is 0.968 bits per heavy atom. The third-order valence-corrected chi connectivity index (χ3v) is 4.96. The van der Waals surface area contributed by atoms with E-state index in [-0.39, 0.29) is 17.4 Å². The van der Waals surface area contributed by atoms with Gasteiger partial charge < -0.3 is 9.47 Å². The fraction of sp³-hybridized carbons (Fsp3) is 0.120. The molecule has 0 N–H and O–H groups in total. The van der Waals surface area contributed by atoms with Crippen molar-refractivity contribution in [2.24, 2.45) is 4.99 Å². The second-order valence-electron chi connectivity index (χ2n) is 7.06. The van der Waals surface area contributed by atoms with Crippen molar-refractivity contribution in [3.05, 3.63) is 94.9 Å². The molecule has 1 aliphatic heterocycles.